The van der Waals surface area contributed by atoms with Gasteiger partial charge in [0.1, 0.15) is 5.75 Å². The molecule has 0 unspecified atom stereocenters. The fourth-order valence-electron chi connectivity index (χ4n) is 0.721. The molecule has 0 spiro atoms. The Bertz CT molecular complexity index is 291. The van der Waals surface area contributed by atoms with Gasteiger partial charge in [0.05, 0.1) is 0 Å². The average Bonchev–Trinajstić information content (AvgIpc) is 1.78. The van der Waals surface area contributed by atoms with E-state index in [0.29, 0.717) is 0 Å². The van der Waals surface area contributed by atoms with Crippen molar-refractivity contribution in [2.45, 2.75) is 6.36 Å². The predicted octanol–water partition coefficient (Wildman–Crippen LogP) is 3.89. The summed E-state index contributed by atoms with van der Waals surface area (Å²) in [4.78, 5) is 0. The molecule has 0 aliphatic rings. The van der Waals surface area contributed by atoms with E-state index in [9.17, 15) is 13.2 Å². The molecule has 0 N–H and O–H groups in total. The minimum atomic E-state index is -4.73. The molecule has 0 saturated heterocycles. The lowest BCUT2D eigenvalue weighted by atomic mass is 10.3. The Labute approximate surface area is 82.0 Å². The molecule has 0 fully saturated rings. The second-order valence-electron chi connectivity index (χ2n) is 2.15. The Hall–Kier alpha value is -0.610. The van der Waals surface area contributed by atoms with Crippen LogP contribution in [-0.2, 0) is 0 Å². The summed E-state index contributed by atoms with van der Waals surface area (Å²) in [6.45, 7) is 0. The smallest absolute Gasteiger partial charge is 0.406 e. The molecule has 72 valence electrons. The summed E-state index contributed by atoms with van der Waals surface area (Å²) in [5.41, 5.74) is 0. The fourth-order valence-corrected chi connectivity index (χ4v) is 1.23. The maximum Gasteiger partial charge on any atom is 0.573 e. The Kier molecular flexibility index (Phi) is 2.93. The van der Waals surface area contributed by atoms with Gasteiger partial charge < -0.3 is 4.74 Å². The summed E-state index contributed by atoms with van der Waals surface area (Å²) < 4.78 is 38.7. The summed E-state index contributed by atoms with van der Waals surface area (Å²) in [5, 5.41) is 0.179. The van der Waals surface area contributed by atoms with Gasteiger partial charge in [0.2, 0.25) is 0 Å². The Balaban J connectivity index is 2.90. The predicted molar refractivity (Wildman–Crippen MR) is 43.1 cm³/mol. The molecule has 0 aliphatic heterocycles. The molecule has 0 bridgehead atoms. The molecule has 6 heteroatoms. The van der Waals surface area contributed by atoms with Gasteiger partial charge in [-0.2, -0.15) is 0 Å². The average molecular weight is 231 g/mol. The molecule has 0 heterocycles. The van der Waals surface area contributed by atoms with Crippen LogP contribution in [0.25, 0.3) is 0 Å². The van der Waals surface area contributed by atoms with Crippen molar-refractivity contribution in [3.8, 4) is 5.75 Å². The van der Waals surface area contributed by atoms with Crippen molar-refractivity contribution in [2.24, 2.45) is 0 Å². The summed E-state index contributed by atoms with van der Waals surface area (Å²) in [7, 11) is 0. The van der Waals surface area contributed by atoms with Crippen molar-refractivity contribution in [3.05, 3.63) is 28.2 Å². The highest BCUT2D eigenvalue weighted by Gasteiger charge is 2.31. The molecule has 1 rings (SSSR count). The van der Waals surface area contributed by atoms with E-state index in [2.05, 4.69) is 4.74 Å². The Morgan fingerprint density at radius 1 is 1.00 bits per heavy atom. The third-order valence-electron chi connectivity index (χ3n) is 1.07. The van der Waals surface area contributed by atoms with Gasteiger partial charge in [0, 0.05) is 10.0 Å². The van der Waals surface area contributed by atoms with Gasteiger partial charge in [-0.25, -0.2) is 0 Å². The lowest BCUT2D eigenvalue weighted by Crippen LogP contribution is -2.17. The zero-order valence-corrected chi connectivity index (χ0v) is 7.54. The second-order valence-corrected chi connectivity index (χ2v) is 3.03. The standard InChI is InChI=1S/C7H3Cl2F3O/c8-4-1-5(9)3-6(2-4)13-7(10,11)12/h1-3H. The molecule has 0 aromatic heterocycles. The Morgan fingerprint density at radius 2 is 1.46 bits per heavy atom. The molecular formula is C7H3Cl2F3O. The van der Waals surface area contributed by atoms with E-state index < -0.39 is 12.1 Å². The molecule has 1 nitrogen and oxygen atoms in total. The maximum atomic E-state index is 11.7. The van der Waals surface area contributed by atoms with Gasteiger partial charge in [-0.15, -0.1) is 13.2 Å². The van der Waals surface area contributed by atoms with Crippen LogP contribution in [0.15, 0.2) is 18.2 Å². The SMILES string of the molecule is FC(F)(F)Oc1cc(Cl)cc(Cl)c1. The lowest BCUT2D eigenvalue weighted by molar-refractivity contribution is -0.274. The van der Waals surface area contributed by atoms with Crippen LogP contribution in [0.4, 0.5) is 13.2 Å². The summed E-state index contributed by atoms with van der Waals surface area (Å²) in [6, 6.07) is 3.37. The molecule has 1 aromatic carbocycles. The van der Waals surface area contributed by atoms with Crippen molar-refractivity contribution in [1.82, 2.24) is 0 Å². The molecule has 13 heavy (non-hydrogen) atoms. The van der Waals surface area contributed by atoms with Gasteiger partial charge in [-0.1, -0.05) is 23.2 Å². The highest BCUT2D eigenvalue weighted by Crippen LogP contribution is 2.28. The molecule has 0 radical (unpaired) electrons. The van der Waals surface area contributed by atoms with E-state index >= 15 is 0 Å². The van der Waals surface area contributed by atoms with Crippen molar-refractivity contribution in [2.75, 3.05) is 0 Å². The van der Waals surface area contributed by atoms with Gasteiger partial charge in [-0.05, 0) is 18.2 Å². The van der Waals surface area contributed by atoms with Crippen LogP contribution >= 0.6 is 23.2 Å². The van der Waals surface area contributed by atoms with Crippen LogP contribution in [0.2, 0.25) is 10.0 Å². The summed E-state index contributed by atoms with van der Waals surface area (Å²) >= 11 is 10.9. The molecule has 0 amide bonds. The monoisotopic (exact) mass is 230 g/mol. The van der Waals surface area contributed by atoms with Crippen LogP contribution in [0.5, 0.6) is 5.75 Å². The first-order chi connectivity index (χ1) is 5.87. The van der Waals surface area contributed by atoms with Gasteiger partial charge >= 0.3 is 6.36 Å². The summed E-state index contributed by atoms with van der Waals surface area (Å²) in [5.74, 6) is -0.426. The first-order valence-corrected chi connectivity index (χ1v) is 3.84. The van der Waals surface area contributed by atoms with Gasteiger partial charge in [0.15, 0.2) is 0 Å². The third kappa shape index (κ3) is 3.74. The van der Waals surface area contributed by atoms with Crippen LogP contribution in [0.3, 0.4) is 0 Å². The zero-order chi connectivity index (χ0) is 10.1. The van der Waals surface area contributed by atoms with Crippen LogP contribution in [0, 0.1) is 0 Å². The van der Waals surface area contributed by atoms with E-state index in [4.69, 9.17) is 23.2 Å². The van der Waals surface area contributed by atoms with E-state index in [1.807, 2.05) is 0 Å². The van der Waals surface area contributed by atoms with Crippen molar-refractivity contribution in [3.63, 3.8) is 0 Å². The Morgan fingerprint density at radius 3 is 1.85 bits per heavy atom. The number of ether oxygens (including phenoxy) is 1. The summed E-state index contributed by atoms with van der Waals surface area (Å²) in [6.07, 6.45) is -4.73. The molecule has 1 aromatic rings. The minimum Gasteiger partial charge on any atom is -0.406 e. The molecule has 0 aliphatic carbocycles. The fraction of sp³-hybridized carbons (Fsp3) is 0.143. The lowest BCUT2D eigenvalue weighted by Gasteiger charge is -2.08. The topological polar surface area (TPSA) is 9.23 Å². The van der Waals surface area contributed by atoms with Gasteiger partial charge in [0.25, 0.3) is 0 Å². The first-order valence-electron chi connectivity index (χ1n) is 3.09. The van der Waals surface area contributed by atoms with Crippen molar-refractivity contribution >= 4 is 23.2 Å². The third-order valence-corrected chi connectivity index (χ3v) is 1.51. The molecule has 0 saturated carbocycles. The van der Waals surface area contributed by atoms with E-state index in [-0.39, 0.29) is 10.0 Å². The highest BCUT2D eigenvalue weighted by molar-refractivity contribution is 6.34. The number of hydrogen-bond acceptors (Lipinski definition) is 1. The number of hydrogen-bond donors (Lipinski definition) is 0. The van der Waals surface area contributed by atoms with E-state index in [1.165, 1.54) is 6.07 Å². The van der Waals surface area contributed by atoms with Crippen molar-refractivity contribution < 1.29 is 17.9 Å². The molecular weight excluding hydrogens is 228 g/mol. The highest BCUT2D eigenvalue weighted by atomic mass is 35.5. The van der Waals surface area contributed by atoms with Crippen LogP contribution in [-0.4, -0.2) is 6.36 Å². The van der Waals surface area contributed by atoms with Crippen LogP contribution < -0.4 is 4.74 Å². The first kappa shape index (κ1) is 10.5. The maximum absolute atomic E-state index is 11.7. The minimum absolute atomic E-state index is 0.0896. The number of benzene rings is 1. The normalized spacial score (nSPS) is 11.5. The van der Waals surface area contributed by atoms with Crippen LogP contribution in [0.1, 0.15) is 0 Å². The van der Waals surface area contributed by atoms with Crippen molar-refractivity contribution in [1.29, 1.82) is 0 Å². The molecule has 0 atom stereocenters. The van der Waals surface area contributed by atoms with Gasteiger partial charge in [-0.3, -0.25) is 0 Å². The number of rotatable bonds is 1. The second kappa shape index (κ2) is 3.64. The zero-order valence-electron chi connectivity index (χ0n) is 6.03. The number of alkyl halides is 3. The number of halogens is 5. The quantitative estimate of drug-likeness (QED) is 0.712. The largest absolute Gasteiger partial charge is 0.573 e. The van der Waals surface area contributed by atoms with E-state index in [1.54, 1.807) is 0 Å². The van der Waals surface area contributed by atoms with E-state index in [0.717, 1.165) is 12.1 Å².